The van der Waals surface area contributed by atoms with Crippen LogP contribution in [0.15, 0.2) is 87.5 Å². The van der Waals surface area contributed by atoms with Gasteiger partial charge in [-0.15, -0.1) is 0 Å². The molecular weight excluding hydrogens is 500 g/mol. The van der Waals surface area contributed by atoms with Crippen LogP contribution in [0.2, 0.25) is 0 Å². The first-order valence-electron chi connectivity index (χ1n) is 10.5. The first-order chi connectivity index (χ1) is 16.1. The van der Waals surface area contributed by atoms with E-state index in [2.05, 4.69) is 25.9 Å². The SMILES string of the molecule is COc1ccc([C@@H]2CC(c3ccc(Br)cc3)=NN2C(=O)CSc2nc3ccccc3[nH]2)cc1. The second-order valence-electron chi connectivity index (χ2n) is 7.63. The zero-order chi connectivity index (χ0) is 22.8. The van der Waals surface area contributed by atoms with Crippen LogP contribution in [-0.2, 0) is 4.79 Å². The Kier molecular flexibility index (Phi) is 6.20. The lowest BCUT2D eigenvalue weighted by atomic mass is 9.98. The van der Waals surface area contributed by atoms with E-state index in [9.17, 15) is 4.79 Å². The summed E-state index contributed by atoms with van der Waals surface area (Å²) in [6.45, 7) is 0. The minimum Gasteiger partial charge on any atom is -0.497 e. The molecule has 1 amide bonds. The number of imidazole rings is 1. The van der Waals surface area contributed by atoms with E-state index in [-0.39, 0.29) is 17.7 Å². The topological polar surface area (TPSA) is 70.6 Å². The van der Waals surface area contributed by atoms with Crippen LogP contribution >= 0.6 is 27.7 Å². The van der Waals surface area contributed by atoms with E-state index < -0.39 is 0 Å². The number of benzene rings is 3. The fourth-order valence-electron chi connectivity index (χ4n) is 3.84. The van der Waals surface area contributed by atoms with Gasteiger partial charge in [0.2, 0.25) is 0 Å². The lowest BCUT2D eigenvalue weighted by Crippen LogP contribution is -2.28. The highest BCUT2D eigenvalue weighted by molar-refractivity contribution is 9.10. The van der Waals surface area contributed by atoms with Gasteiger partial charge in [-0.05, 0) is 47.5 Å². The molecule has 0 aliphatic carbocycles. The van der Waals surface area contributed by atoms with Crippen molar-refractivity contribution in [2.24, 2.45) is 5.10 Å². The number of H-pyrrole nitrogens is 1. The number of para-hydroxylation sites is 2. The lowest BCUT2D eigenvalue weighted by molar-refractivity contribution is -0.130. The molecular formula is C25H21BrN4O2S. The first-order valence-corrected chi connectivity index (χ1v) is 12.3. The normalized spacial score (nSPS) is 15.6. The number of fused-ring (bicyclic) bond motifs is 1. The van der Waals surface area contributed by atoms with Crippen molar-refractivity contribution >= 4 is 50.3 Å². The van der Waals surface area contributed by atoms with Gasteiger partial charge in [-0.2, -0.15) is 5.10 Å². The van der Waals surface area contributed by atoms with Gasteiger partial charge in [-0.3, -0.25) is 4.79 Å². The molecule has 6 nitrogen and oxygen atoms in total. The van der Waals surface area contributed by atoms with E-state index in [1.54, 1.807) is 12.1 Å². The van der Waals surface area contributed by atoms with Crippen LogP contribution < -0.4 is 4.74 Å². The number of hydrogen-bond donors (Lipinski definition) is 1. The van der Waals surface area contributed by atoms with Gasteiger partial charge in [0.1, 0.15) is 5.75 Å². The molecule has 4 aromatic rings. The average molecular weight is 521 g/mol. The Morgan fingerprint density at radius 1 is 1.12 bits per heavy atom. The molecule has 0 saturated carbocycles. The maximum absolute atomic E-state index is 13.3. The van der Waals surface area contributed by atoms with E-state index in [1.807, 2.05) is 72.8 Å². The number of nitrogens with zero attached hydrogens (tertiary/aromatic N) is 3. The Hall–Kier alpha value is -3.10. The standard InChI is InChI=1S/C25H21BrN4O2S/c1-32-19-12-8-17(9-13-19)23-14-22(16-6-10-18(26)11-7-16)29-30(23)24(31)15-33-25-27-20-4-2-3-5-21(20)28-25/h2-13,23H,14-15H2,1H3,(H,27,28)/t23-/m0/s1. The number of hydrogen-bond acceptors (Lipinski definition) is 5. The third-order valence-corrected chi connectivity index (χ3v) is 6.93. The number of rotatable bonds is 6. The highest BCUT2D eigenvalue weighted by atomic mass is 79.9. The molecule has 1 N–H and O–H groups in total. The molecule has 1 aliphatic heterocycles. The van der Waals surface area contributed by atoms with Crippen molar-refractivity contribution < 1.29 is 9.53 Å². The van der Waals surface area contributed by atoms with Gasteiger partial charge < -0.3 is 9.72 Å². The molecule has 0 spiro atoms. The number of halogens is 1. The van der Waals surface area contributed by atoms with E-state index in [4.69, 9.17) is 9.84 Å². The lowest BCUT2D eigenvalue weighted by Gasteiger charge is -2.22. The van der Waals surface area contributed by atoms with Crippen LogP contribution in [0.25, 0.3) is 11.0 Å². The van der Waals surface area contributed by atoms with E-state index >= 15 is 0 Å². The number of carbonyl (C=O) groups excluding carboxylic acids is 1. The largest absolute Gasteiger partial charge is 0.497 e. The molecule has 0 bridgehead atoms. The van der Waals surface area contributed by atoms with Gasteiger partial charge in [0.25, 0.3) is 5.91 Å². The van der Waals surface area contributed by atoms with E-state index in [1.165, 1.54) is 11.8 Å². The molecule has 33 heavy (non-hydrogen) atoms. The van der Waals surface area contributed by atoms with Crippen molar-refractivity contribution in [2.45, 2.75) is 17.6 Å². The van der Waals surface area contributed by atoms with Gasteiger partial charge in [-0.1, -0.05) is 64.1 Å². The van der Waals surface area contributed by atoms with Crippen LogP contribution in [0.5, 0.6) is 5.75 Å². The maximum atomic E-state index is 13.3. The summed E-state index contributed by atoms with van der Waals surface area (Å²) in [4.78, 5) is 21.1. The summed E-state index contributed by atoms with van der Waals surface area (Å²) in [6.07, 6.45) is 0.648. The van der Waals surface area contributed by atoms with Gasteiger partial charge in [-0.25, -0.2) is 9.99 Å². The highest BCUT2D eigenvalue weighted by Crippen LogP contribution is 2.34. The zero-order valence-electron chi connectivity index (χ0n) is 17.9. The summed E-state index contributed by atoms with van der Waals surface area (Å²) in [5.74, 6) is 0.960. The fraction of sp³-hybridized carbons (Fsp3) is 0.160. The number of aromatic nitrogens is 2. The predicted octanol–water partition coefficient (Wildman–Crippen LogP) is 5.80. The molecule has 0 saturated heterocycles. The molecule has 2 heterocycles. The minimum absolute atomic E-state index is 0.0617. The second kappa shape index (κ2) is 9.41. The fourth-order valence-corrected chi connectivity index (χ4v) is 4.84. The van der Waals surface area contributed by atoms with E-state index in [0.29, 0.717) is 6.42 Å². The number of carbonyl (C=O) groups is 1. The van der Waals surface area contributed by atoms with Gasteiger partial charge in [0, 0.05) is 10.9 Å². The van der Waals surface area contributed by atoms with Crippen molar-refractivity contribution in [3.8, 4) is 5.75 Å². The summed E-state index contributed by atoms with van der Waals surface area (Å²) in [5.41, 5.74) is 4.77. The number of hydrazone groups is 1. The molecule has 1 aromatic heterocycles. The first kappa shape index (κ1) is 21.7. The van der Waals surface area contributed by atoms with Crippen LogP contribution in [0.1, 0.15) is 23.6 Å². The molecule has 8 heteroatoms. The number of methoxy groups -OCH3 is 1. The Labute approximate surface area is 204 Å². The second-order valence-corrected chi connectivity index (χ2v) is 9.51. The summed E-state index contributed by atoms with van der Waals surface area (Å²) in [5, 5.41) is 7.10. The molecule has 0 unspecified atom stereocenters. The van der Waals surface area contributed by atoms with Crippen molar-refractivity contribution in [3.63, 3.8) is 0 Å². The molecule has 1 aliphatic rings. The highest BCUT2D eigenvalue weighted by Gasteiger charge is 2.33. The van der Waals surface area contributed by atoms with Crippen molar-refractivity contribution in [1.82, 2.24) is 15.0 Å². The summed E-state index contributed by atoms with van der Waals surface area (Å²) in [7, 11) is 1.64. The Morgan fingerprint density at radius 3 is 2.61 bits per heavy atom. The molecule has 3 aromatic carbocycles. The van der Waals surface area contributed by atoms with Crippen molar-refractivity contribution in [1.29, 1.82) is 0 Å². The summed E-state index contributed by atoms with van der Waals surface area (Å²) >= 11 is 4.87. The van der Waals surface area contributed by atoms with Gasteiger partial charge in [0.05, 0.1) is 35.6 Å². The van der Waals surface area contributed by atoms with Crippen LogP contribution in [0.3, 0.4) is 0 Å². The summed E-state index contributed by atoms with van der Waals surface area (Å²) in [6, 6.07) is 23.5. The summed E-state index contributed by atoms with van der Waals surface area (Å²) < 4.78 is 6.30. The zero-order valence-corrected chi connectivity index (χ0v) is 20.3. The molecule has 1 atom stereocenters. The van der Waals surface area contributed by atoms with E-state index in [0.717, 1.165) is 43.3 Å². The van der Waals surface area contributed by atoms with Gasteiger partial charge in [0.15, 0.2) is 5.16 Å². The third-order valence-electron chi connectivity index (χ3n) is 5.54. The monoisotopic (exact) mass is 520 g/mol. The quantitative estimate of drug-likeness (QED) is 0.326. The van der Waals surface area contributed by atoms with Crippen molar-refractivity contribution in [3.05, 3.63) is 88.4 Å². The van der Waals surface area contributed by atoms with Crippen LogP contribution in [0, 0.1) is 0 Å². The number of amides is 1. The van der Waals surface area contributed by atoms with Gasteiger partial charge >= 0.3 is 0 Å². The average Bonchev–Trinajstić information content (AvgIpc) is 3.48. The number of ether oxygens (including phenoxy) is 1. The molecule has 0 radical (unpaired) electrons. The molecule has 5 rings (SSSR count). The molecule has 0 fully saturated rings. The third kappa shape index (κ3) is 4.67. The Morgan fingerprint density at radius 2 is 1.88 bits per heavy atom. The minimum atomic E-state index is -0.168. The van der Waals surface area contributed by atoms with Crippen molar-refractivity contribution in [2.75, 3.05) is 12.9 Å². The maximum Gasteiger partial charge on any atom is 0.253 e. The number of thioether (sulfide) groups is 1. The molecule has 166 valence electrons. The predicted molar refractivity (Wildman–Crippen MR) is 135 cm³/mol. The van der Waals surface area contributed by atoms with Crippen LogP contribution in [-0.4, -0.2) is 39.5 Å². The number of aromatic amines is 1. The Balaban J connectivity index is 1.39. The Bertz CT molecular complexity index is 1290. The number of nitrogens with one attached hydrogen (secondary N) is 1. The smallest absolute Gasteiger partial charge is 0.253 e. The van der Waals surface area contributed by atoms with Crippen LogP contribution in [0.4, 0.5) is 0 Å².